The Kier molecular flexibility index (Phi) is 20.8. The zero-order valence-electron chi connectivity index (χ0n) is 83.6. The molecule has 0 radical (unpaired) electrons. The largest absolute Gasteiger partial charge is 0.456 e. The van der Waals surface area contributed by atoms with Crippen LogP contribution in [0.25, 0.3) is 188 Å². The maximum atomic E-state index is 8.68. The highest BCUT2D eigenvalue weighted by Crippen LogP contribution is 2.52. The second kappa shape index (κ2) is 37.0. The smallest absolute Gasteiger partial charge is 0.143 e. The molecule has 27 rings (SSSR count). The van der Waals surface area contributed by atoms with Gasteiger partial charge in [0.15, 0.2) is 0 Å². The molecule has 0 amide bonds. The summed E-state index contributed by atoms with van der Waals surface area (Å²) >= 11 is 0. The Balaban J connectivity index is 0.000000116. The maximum Gasteiger partial charge on any atom is 0.143 e. The first-order valence-electron chi connectivity index (χ1n) is 51.0. The molecule has 0 atom stereocenters. The van der Waals surface area contributed by atoms with Crippen molar-refractivity contribution >= 4 is 139 Å². The maximum absolute atomic E-state index is 8.68. The van der Waals surface area contributed by atoms with Gasteiger partial charge in [-0.05, 0) is 321 Å². The molecule has 0 N–H and O–H groups in total. The van der Waals surface area contributed by atoms with Gasteiger partial charge in [0.2, 0.25) is 0 Å². The van der Waals surface area contributed by atoms with E-state index in [0.717, 1.165) is 155 Å². The van der Waals surface area contributed by atoms with Crippen LogP contribution >= 0.6 is 0 Å². The summed E-state index contributed by atoms with van der Waals surface area (Å²) in [6.45, 7) is 4.68. The normalized spacial score (nSPS) is 12.4. The minimum atomic E-state index is -0.416. The predicted octanol–water partition coefficient (Wildman–Crippen LogP) is 39.1. The predicted molar refractivity (Wildman–Crippen MR) is 601 cm³/mol. The standard InChI is InChI=1S/C51H37NO.C46H31NO.C40H27NO/c1-51(2)47-19-10-9-16-43(47)44-30-24-38(33-48(44)51)35-22-28-41(29-23-35)52(39-14-7-4-8-15-39)40-26-20-34(21-27-40)37-25-31-49-46(32-37)45-18-11-17-42(50(45)53-49)36-12-5-3-6-13-36;1-4-11-32(12-5-1)38-22-25-45-43(30-38)44-31-39(23-26-46(44)48-45)34-14-10-13-33(27-34)35-19-20-37-29-42(24-21-36(37)28-35)47(40-15-6-2-7-16-40)41-17-8-3-9-18-41;1-4-10-28(11-5-1)32-19-22-39-37(26-32)38-27-33(20-23-40(38)42-39)29-16-17-31-25-36(21-18-30(31)24-29)41(34-12-6-2-7-13-34)35-14-8-3-9-15-35/h3-33H,1-2H3;1-31H;1-27H/i;;2D,6D,7D,12D,13D. The van der Waals surface area contributed by atoms with Crippen LogP contribution in [0.5, 0.6) is 0 Å². The van der Waals surface area contributed by atoms with Crippen molar-refractivity contribution in [2.75, 3.05) is 14.7 Å². The van der Waals surface area contributed by atoms with Crippen LogP contribution in [0.2, 0.25) is 0 Å². The lowest BCUT2D eigenvalue weighted by Crippen LogP contribution is -2.14. The zero-order chi connectivity index (χ0) is 99.6. The lowest BCUT2D eigenvalue weighted by molar-refractivity contribution is 0.660. The lowest BCUT2D eigenvalue weighted by atomic mass is 9.81. The number of fused-ring (bicyclic) bond motifs is 14. The quantitative estimate of drug-likeness (QED) is 0.0905. The average molecular weight is 1840 g/mol. The van der Waals surface area contributed by atoms with Crippen LogP contribution in [0, 0.1) is 0 Å². The molecule has 26 aromatic rings. The van der Waals surface area contributed by atoms with Crippen molar-refractivity contribution in [3.8, 4) is 100 Å². The molecule has 0 saturated heterocycles. The Morgan fingerprint density at radius 3 is 0.902 bits per heavy atom. The topological polar surface area (TPSA) is 49.1 Å². The number of benzene rings is 23. The molecular formula is C137H95N3O3. The Morgan fingerprint density at radius 2 is 0.455 bits per heavy atom. The van der Waals surface area contributed by atoms with Crippen molar-refractivity contribution in [1.29, 1.82) is 0 Å². The van der Waals surface area contributed by atoms with Crippen molar-refractivity contribution in [1.82, 2.24) is 0 Å². The molecule has 0 saturated carbocycles. The van der Waals surface area contributed by atoms with Gasteiger partial charge >= 0.3 is 0 Å². The third-order valence-corrected chi connectivity index (χ3v) is 28.0. The molecule has 676 valence electrons. The number of rotatable bonds is 17. The van der Waals surface area contributed by atoms with Gasteiger partial charge in [-0.25, -0.2) is 0 Å². The van der Waals surface area contributed by atoms with Crippen LogP contribution in [-0.4, -0.2) is 0 Å². The van der Waals surface area contributed by atoms with Crippen molar-refractivity contribution in [2.24, 2.45) is 0 Å². The number of furan rings is 3. The van der Waals surface area contributed by atoms with Crippen LogP contribution in [0.4, 0.5) is 51.2 Å². The molecule has 0 bridgehead atoms. The summed E-state index contributed by atoms with van der Waals surface area (Å²) in [5.41, 5.74) is 37.6. The first kappa shape index (κ1) is 80.5. The molecular weight excluding hydrogens is 1740 g/mol. The number of nitrogens with zero attached hydrogens (tertiary/aromatic N) is 3. The van der Waals surface area contributed by atoms with Crippen LogP contribution in [0.1, 0.15) is 31.8 Å². The van der Waals surface area contributed by atoms with Gasteiger partial charge in [0.25, 0.3) is 0 Å². The number of para-hydroxylation sites is 6. The van der Waals surface area contributed by atoms with Gasteiger partial charge in [-0.15, -0.1) is 0 Å². The highest BCUT2D eigenvalue weighted by molar-refractivity contribution is 6.12. The fourth-order valence-corrected chi connectivity index (χ4v) is 20.8. The molecule has 3 heterocycles. The highest BCUT2D eigenvalue weighted by atomic mass is 16.3. The molecule has 1 aliphatic carbocycles. The summed E-state index contributed by atoms with van der Waals surface area (Å²) in [5, 5.41) is 11.0. The number of anilines is 9. The van der Waals surface area contributed by atoms with Gasteiger partial charge in [-0.2, -0.15) is 0 Å². The van der Waals surface area contributed by atoms with Crippen LogP contribution in [0.3, 0.4) is 0 Å². The van der Waals surface area contributed by atoms with E-state index in [1.807, 2.05) is 84.9 Å². The van der Waals surface area contributed by atoms with E-state index >= 15 is 0 Å². The SMILES string of the molecule is CC1(C)c2ccccc2-c2ccc(-c3ccc(N(c4ccccc4)c4ccc(-c5ccc6oc7c(-c8ccccc8)cccc7c6c5)cc4)cc3)cc21.[2H]c1c([2H])c([2H])c(N(c2ccccc2)c2ccc3cc(-c4ccc5oc6ccc(-c7ccccc7)cc6c5c4)ccc3c2)c([2H])c1[2H].c1ccc(-c2ccc3oc4ccc(-c5cccc(-c6ccc7cc(N(c8ccccc8)c8ccccc8)ccc7c6)c5)cc4c3c2)cc1. The molecule has 0 aliphatic heterocycles. The molecule has 6 nitrogen and oxygen atoms in total. The number of hydrogen-bond donors (Lipinski definition) is 0. The van der Waals surface area contributed by atoms with Crippen LogP contribution in [-0.2, 0) is 5.41 Å². The molecule has 6 heteroatoms. The molecule has 1 aliphatic rings. The van der Waals surface area contributed by atoms with E-state index in [1.54, 1.807) is 4.90 Å². The van der Waals surface area contributed by atoms with Crippen molar-refractivity contribution in [3.05, 3.63) is 551 Å². The van der Waals surface area contributed by atoms with Crippen LogP contribution in [0.15, 0.2) is 553 Å². The van der Waals surface area contributed by atoms with Gasteiger partial charge in [0, 0.05) is 94.5 Å². The molecule has 3 aromatic heterocycles. The van der Waals surface area contributed by atoms with Crippen molar-refractivity contribution < 1.29 is 20.1 Å². The van der Waals surface area contributed by atoms with E-state index in [0.29, 0.717) is 11.4 Å². The Bertz CT molecular complexity index is 9490. The van der Waals surface area contributed by atoms with Gasteiger partial charge in [0.1, 0.15) is 33.5 Å². The third kappa shape index (κ3) is 16.7. The zero-order valence-corrected chi connectivity index (χ0v) is 78.6. The summed E-state index contributed by atoms with van der Waals surface area (Å²) in [5.74, 6) is 0. The second-order valence-electron chi connectivity index (χ2n) is 37.1. The third-order valence-electron chi connectivity index (χ3n) is 28.0. The minimum absolute atomic E-state index is 0.0257. The van der Waals surface area contributed by atoms with E-state index in [4.69, 9.17) is 20.1 Å². The molecule has 0 spiro atoms. The molecule has 0 unspecified atom stereocenters. The van der Waals surface area contributed by atoms with E-state index in [1.165, 1.54) is 77.5 Å². The molecule has 143 heavy (non-hydrogen) atoms. The molecule has 0 fully saturated rings. The van der Waals surface area contributed by atoms with Crippen molar-refractivity contribution in [2.45, 2.75) is 19.3 Å². The van der Waals surface area contributed by atoms with Gasteiger partial charge in [0.05, 0.1) is 6.85 Å². The summed E-state index contributed by atoms with van der Waals surface area (Å²) in [4.78, 5) is 6.36. The van der Waals surface area contributed by atoms with E-state index in [2.05, 4.69) is 448 Å². The first-order chi connectivity index (χ1) is 72.7. The highest BCUT2D eigenvalue weighted by Gasteiger charge is 2.36. The monoisotopic (exact) mass is 1830 g/mol. The molecule has 23 aromatic carbocycles. The first-order valence-corrected chi connectivity index (χ1v) is 48.5. The average Bonchev–Trinajstić information content (AvgIpc) is 1.57. The Hall–Kier alpha value is -18.6. The van der Waals surface area contributed by atoms with E-state index < -0.39 is 6.04 Å². The fourth-order valence-electron chi connectivity index (χ4n) is 20.8. The summed E-state index contributed by atoms with van der Waals surface area (Å²) in [6.07, 6.45) is 0. The van der Waals surface area contributed by atoms with Crippen LogP contribution < -0.4 is 14.7 Å². The minimum Gasteiger partial charge on any atom is -0.456 e. The Morgan fingerprint density at radius 1 is 0.175 bits per heavy atom. The number of hydrogen-bond acceptors (Lipinski definition) is 6. The van der Waals surface area contributed by atoms with E-state index in [-0.39, 0.29) is 35.3 Å². The summed E-state index contributed by atoms with van der Waals surface area (Å²) in [6, 6.07) is 177. The van der Waals surface area contributed by atoms with E-state index in [9.17, 15) is 0 Å². The van der Waals surface area contributed by atoms with Gasteiger partial charge < -0.3 is 28.0 Å². The Labute approximate surface area is 838 Å². The summed E-state index contributed by atoms with van der Waals surface area (Å²) in [7, 11) is 0. The second-order valence-corrected chi connectivity index (χ2v) is 37.1. The van der Waals surface area contributed by atoms with Gasteiger partial charge in [-0.1, -0.05) is 360 Å². The lowest BCUT2D eigenvalue weighted by Gasteiger charge is -2.26. The van der Waals surface area contributed by atoms with Crippen molar-refractivity contribution in [3.63, 3.8) is 0 Å². The summed E-state index contributed by atoms with van der Waals surface area (Å²) < 4.78 is 60.9. The fraction of sp³-hybridized carbons (Fsp3) is 0.0219. The van der Waals surface area contributed by atoms with Gasteiger partial charge in [-0.3, -0.25) is 0 Å².